The van der Waals surface area contributed by atoms with Crippen molar-refractivity contribution in [3.63, 3.8) is 0 Å². The largest absolute Gasteiger partial charge is 0.496 e. The number of nitrogens with zero attached hydrogens (tertiary/aromatic N) is 4. The number of nitrogens with two attached hydrogens (primary N) is 1. The third-order valence-electron chi connectivity index (χ3n) is 5.18. The predicted molar refractivity (Wildman–Crippen MR) is 103 cm³/mol. The predicted octanol–water partition coefficient (Wildman–Crippen LogP) is 2.20. The molecule has 0 bridgehead atoms. The molecule has 0 saturated carbocycles. The van der Waals surface area contributed by atoms with E-state index >= 15 is 0 Å². The maximum atomic E-state index is 13.9. The number of aryl methyl sites for hydroxylation is 1. The summed E-state index contributed by atoms with van der Waals surface area (Å²) in [5.74, 6) is 0.136. The van der Waals surface area contributed by atoms with Gasteiger partial charge >= 0.3 is 0 Å². The molecule has 1 aliphatic rings. The van der Waals surface area contributed by atoms with Crippen molar-refractivity contribution < 1.29 is 14.2 Å². The third-order valence-corrected chi connectivity index (χ3v) is 6.16. The highest BCUT2D eigenvalue weighted by Gasteiger charge is 2.32. The molecule has 1 fully saturated rings. The maximum absolute atomic E-state index is 13.9. The van der Waals surface area contributed by atoms with Gasteiger partial charge in [0.25, 0.3) is 0 Å². The third kappa shape index (κ3) is 3.15. The van der Waals surface area contributed by atoms with Crippen LogP contribution in [0.15, 0.2) is 18.3 Å². The molecule has 0 unspecified atom stereocenters. The molecule has 0 amide bonds. The van der Waals surface area contributed by atoms with Gasteiger partial charge in [-0.05, 0) is 31.4 Å². The second-order valence-electron chi connectivity index (χ2n) is 6.94. The van der Waals surface area contributed by atoms with Gasteiger partial charge in [0.15, 0.2) is 0 Å². The van der Waals surface area contributed by atoms with Gasteiger partial charge in [-0.25, -0.2) is 13.9 Å². The normalized spacial score (nSPS) is 16.9. The molecule has 27 heavy (non-hydrogen) atoms. The minimum atomic E-state index is -0.780. The average molecular weight is 391 g/mol. The highest BCUT2D eigenvalue weighted by atomic mass is 32.1. The molecule has 0 atom stereocenters. The molecule has 0 radical (unpaired) electrons. The molecule has 0 spiro atoms. The smallest absolute Gasteiger partial charge is 0.214 e. The summed E-state index contributed by atoms with van der Waals surface area (Å²) in [6.45, 7) is 3.38. The summed E-state index contributed by atoms with van der Waals surface area (Å²) in [5, 5.41) is 15.9. The van der Waals surface area contributed by atoms with Crippen molar-refractivity contribution >= 4 is 21.4 Å². The summed E-state index contributed by atoms with van der Waals surface area (Å²) in [6.07, 6.45) is 2.95. The van der Waals surface area contributed by atoms with E-state index in [1.807, 2.05) is 0 Å². The van der Waals surface area contributed by atoms with E-state index in [0.29, 0.717) is 37.2 Å². The fraction of sp³-hybridized carbons (Fsp3) is 0.444. The molecule has 1 saturated heterocycles. The number of aromatic nitrogens is 3. The highest BCUT2D eigenvalue weighted by molar-refractivity contribution is 7.20. The number of piperidine rings is 1. The number of methoxy groups -OCH3 is 1. The van der Waals surface area contributed by atoms with Crippen LogP contribution in [0.25, 0.3) is 16.2 Å². The maximum Gasteiger partial charge on any atom is 0.214 e. The topological polar surface area (TPSA) is 88.9 Å². The molecule has 3 N–H and O–H groups in total. The summed E-state index contributed by atoms with van der Waals surface area (Å²) in [5.41, 5.74) is 6.92. The summed E-state index contributed by atoms with van der Waals surface area (Å²) in [6, 6.07) is 3.13. The van der Waals surface area contributed by atoms with Crippen LogP contribution in [0.1, 0.15) is 18.4 Å². The second-order valence-corrected chi connectivity index (χ2v) is 7.87. The van der Waals surface area contributed by atoms with Gasteiger partial charge in [0.05, 0.1) is 24.6 Å². The standard InChI is InChI=1S/C18H22FN5O2S/c1-11-7-12(15(26-2)8-13(11)19)14-9-21-16-24(14)22-17(27-16)23-5-3-18(25,10-20)4-6-23/h7-9,25H,3-6,10,20H2,1-2H3. The Morgan fingerprint density at radius 2 is 2.11 bits per heavy atom. The molecule has 2 aromatic heterocycles. The van der Waals surface area contributed by atoms with Gasteiger partial charge in [-0.1, -0.05) is 11.3 Å². The van der Waals surface area contributed by atoms with E-state index in [1.165, 1.54) is 24.5 Å². The SMILES string of the molecule is COc1cc(F)c(C)cc1-c1cnc2sc(N3CCC(O)(CN)CC3)nn12. The Kier molecular flexibility index (Phi) is 4.53. The summed E-state index contributed by atoms with van der Waals surface area (Å²) in [7, 11) is 1.52. The Morgan fingerprint density at radius 1 is 1.37 bits per heavy atom. The van der Waals surface area contributed by atoms with Gasteiger partial charge in [0.2, 0.25) is 10.1 Å². The van der Waals surface area contributed by atoms with Gasteiger partial charge in [-0.2, -0.15) is 0 Å². The number of ether oxygens (including phenoxy) is 1. The molecular formula is C18H22FN5O2S. The van der Waals surface area contributed by atoms with Crippen molar-refractivity contribution in [1.82, 2.24) is 14.6 Å². The lowest BCUT2D eigenvalue weighted by Gasteiger charge is -2.37. The Morgan fingerprint density at radius 3 is 2.78 bits per heavy atom. The van der Waals surface area contributed by atoms with Crippen molar-refractivity contribution in [2.24, 2.45) is 5.73 Å². The average Bonchev–Trinajstić information content (AvgIpc) is 3.25. The van der Waals surface area contributed by atoms with Crippen LogP contribution in [0.5, 0.6) is 5.75 Å². The first-order valence-electron chi connectivity index (χ1n) is 8.80. The van der Waals surface area contributed by atoms with Crippen LogP contribution in [0.4, 0.5) is 9.52 Å². The number of fused-ring (bicyclic) bond motifs is 1. The van der Waals surface area contributed by atoms with Crippen LogP contribution in [-0.4, -0.2) is 52.0 Å². The minimum Gasteiger partial charge on any atom is -0.496 e. The van der Waals surface area contributed by atoms with Crippen molar-refractivity contribution in [3.05, 3.63) is 29.7 Å². The zero-order valence-corrected chi connectivity index (χ0v) is 16.1. The number of anilines is 1. The van der Waals surface area contributed by atoms with Gasteiger partial charge in [0.1, 0.15) is 11.6 Å². The molecule has 3 heterocycles. The van der Waals surface area contributed by atoms with E-state index in [-0.39, 0.29) is 12.4 Å². The van der Waals surface area contributed by atoms with Crippen molar-refractivity contribution in [3.8, 4) is 17.0 Å². The number of hydrogen-bond acceptors (Lipinski definition) is 7. The Balaban J connectivity index is 1.69. The van der Waals surface area contributed by atoms with E-state index in [1.54, 1.807) is 23.7 Å². The number of benzene rings is 1. The zero-order chi connectivity index (χ0) is 19.2. The lowest BCUT2D eigenvalue weighted by molar-refractivity contribution is 0.0249. The van der Waals surface area contributed by atoms with Crippen LogP contribution >= 0.6 is 11.3 Å². The number of rotatable bonds is 4. The highest BCUT2D eigenvalue weighted by Crippen LogP contribution is 2.35. The first-order valence-corrected chi connectivity index (χ1v) is 9.62. The van der Waals surface area contributed by atoms with Crippen LogP contribution in [0.2, 0.25) is 0 Å². The molecular weight excluding hydrogens is 369 g/mol. The molecule has 9 heteroatoms. The molecule has 0 aliphatic carbocycles. The summed E-state index contributed by atoms with van der Waals surface area (Å²) < 4.78 is 21.0. The van der Waals surface area contributed by atoms with Crippen LogP contribution in [0, 0.1) is 12.7 Å². The number of aliphatic hydroxyl groups is 1. The molecule has 144 valence electrons. The van der Waals surface area contributed by atoms with Crippen molar-refractivity contribution in [1.29, 1.82) is 0 Å². The van der Waals surface area contributed by atoms with Crippen LogP contribution in [-0.2, 0) is 0 Å². The fourth-order valence-electron chi connectivity index (χ4n) is 3.34. The lowest BCUT2D eigenvalue weighted by atomic mass is 9.92. The van der Waals surface area contributed by atoms with Gasteiger partial charge in [0, 0.05) is 31.3 Å². The van der Waals surface area contributed by atoms with E-state index in [2.05, 4.69) is 9.88 Å². The first kappa shape index (κ1) is 18.1. The molecule has 1 aromatic carbocycles. The molecule has 1 aliphatic heterocycles. The number of halogens is 1. The number of imidazole rings is 1. The van der Waals surface area contributed by atoms with Crippen molar-refractivity contribution in [2.45, 2.75) is 25.4 Å². The Bertz CT molecular complexity index is 978. The van der Waals surface area contributed by atoms with E-state index in [0.717, 1.165) is 21.3 Å². The Hall–Kier alpha value is -2.23. The first-order chi connectivity index (χ1) is 12.9. The monoisotopic (exact) mass is 391 g/mol. The van der Waals surface area contributed by atoms with Gasteiger partial charge in [-0.15, -0.1) is 5.10 Å². The lowest BCUT2D eigenvalue weighted by Crippen LogP contribution is -2.48. The Labute approximate surface area is 160 Å². The molecule has 3 aromatic rings. The van der Waals surface area contributed by atoms with E-state index in [4.69, 9.17) is 15.6 Å². The van der Waals surface area contributed by atoms with Gasteiger partial charge in [-0.3, -0.25) is 0 Å². The minimum absolute atomic E-state index is 0.274. The van der Waals surface area contributed by atoms with Crippen molar-refractivity contribution in [2.75, 3.05) is 31.6 Å². The molecule has 7 nitrogen and oxygen atoms in total. The van der Waals surface area contributed by atoms with Gasteiger partial charge < -0.3 is 20.5 Å². The quantitative estimate of drug-likeness (QED) is 0.709. The fourth-order valence-corrected chi connectivity index (χ4v) is 4.27. The van der Waals surface area contributed by atoms with Crippen LogP contribution in [0.3, 0.4) is 0 Å². The summed E-state index contributed by atoms with van der Waals surface area (Å²) >= 11 is 1.49. The zero-order valence-electron chi connectivity index (χ0n) is 15.3. The van der Waals surface area contributed by atoms with Crippen LogP contribution < -0.4 is 15.4 Å². The van der Waals surface area contributed by atoms with E-state index < -0.39 is 5.60 Å². The number of hydrogen-bond donors (Lipinski definition) is 2. The summed E-state index contributed by atoms with van der Waals surface area (Å²) in [4.78, 5) is 7.35. The second kappa shape index (κ2) is 6.74. The molecule has 4 rings (SSSR count). The van der Waals surface area contributed by atoms with E-state index in [9.17, 15) is 9.50 Å².